The standard InChI is InChI=1S/C4H10N2.C3H7F3O2P/c1-2-6-4-3-5-1;1-3(7-2)8-9(4,5)6/h5-6H,1-4H2;3H,1-2H3/q;+1. The van der Waals surface area contributed by atoms with E-state index in [0.717, 1.165) is 33.3 Å². The van der Waals surface area contributed by atoms with Crippen LogP contribution < -0.4 is 10.6 Å². The molecule has 1 heterocycles. The molecule has 8 heteroatoms. The van der Waals surface area contributed by atoms with Crippen LogP contribution in [0, 0.1) is 0 Å². The van der Waals surface area contributed by atoms with Crippen molar-refractivity contribution in [3.63, 3.8) is 0 Å². The van der Waals surface area contributed by atoms with Crippen molar-refractivity contribution in [3.05, 3.63) is 0 Å². The Morgan fingerprint density at radius 1 is 1.07 bits per heavy atom. The van der Waals surface area contributed by atoms with Gasteiger partial charge < -0.3 is 15.4 Å². The summed E-state index contributed by atoms with van der Waals surface area (Å²) in [5, 5.41) is 6.44. The molecule has 1 saturated heterocycles. The second-order valence-corrected chi connectivity index (χ2v) is 3.82. The molecule has 0 spiro atoms. The first kappa shape index (κ1) is 15.1. The Labute approximate surface area is 88.3 Å². The lowest BCUT2D eigenvalue weighted by Gasteiger charge is -2.11. The number of piperazine rings is 1. The molecule has 1 aliphatic heterocycles. The third kappa shape index (κ3) is 12.0. The molecule has 0 aromatic heterocycles. The van der Waals surface area contributed by atoms with Gasteiger partial charge in [0.1, 0.15) is 0 Å². The van der Waals surface area contributed by atoms with Crippen molar-refractivity contribution in [1.29, 1.82) is 0 Å². The zero-order valence-corrected chi connectivity index (χ0v) is 9.70. The zero-order valence-electron chi connectivity index (χ0n) is 8.80. The van der Waals surface area contributed by atoms with Gasteiger partial charge in [0, 0.05) is 33.3 Å². The number of nitrogens with one attached hydrogen (secondary N) is 2. The molecule has 1 fully saturated rings. The predicted octanol–water partition coefficient (Wildman–Crippen LogP) is 1.76. The number of halogens is 3. The van der Waals surface area contributed by atoms with Gasteiger partial charge in [-0.2, -0.15) is 0 Å². The van der Waals surface area contributed by atoms with Crippen LogP contribution >= 0.6 is 8.42 Å². The minimum absolute atomic E-state index is 1.14. The maximum absolute atomic E-state index is 11.3. The minimum atomic E-state index is -5.61. The van der Waals surface area contributed by atoms with Crippen LogP contribution in [0.4, 0.5) is 12.6 Å². The summed E-state index contributed by atoms with van der Waals surface area (Å²) in [5.74, 6) is 0. The number of hydrogen-bond acceptors (Lipinski definition) is 4. The first-order valence-corrected chi connectivity index (χ1v) is 5.94. The number of hydrogen-bond donors (Lipinski definition) is 2. The van der Waals surface area contributed by atoms with E-state index in [1.807, 2.05) is 0 Å². The van der Waals surface area contributed by atoms with Crippen molar-refractivity contribution in [2.45, 2.75) is 13.2 Å². The second-order valence-electron chi connectivity index (χ2n) is 2.81. The molecule has 0 saturated carbocycles. The SMILES string of the molecule is C1CNCCN1.COC(C)O[P+](F)(F)F. The predicted molar refractivity (Wildman–Crippen MR) is 53.5 cm³/mol. The summed E-state index contributed by atoms with van der Waals surface area (Å²) in [5.41, 5.74) is 0. The summed E-state index contributed by atoms with van der Waals surface area (Å²) in [7, 11) is -4.46. The maximum atomic E-state index is 11.3. The van der Waals surface area contributed by atoms with Crippen molar-refractivity contribution >= 4 is 8.42 Å². The third-order valence-corrected chi connectivity index (χ3v) is 2.09. The first-order valence-electron chi connectivity index (χ1n) is 4.56. The Hall–Kier alpha value is 0.0600. The molecule has 92 valence electrons. The van der Waals surface area contributed by atoms with E-state index in [9.17, 15) is 12.6 Å². The Kier molecular flexibility index (Phi) is 8.27. The van der Waals surface area contributed by atoms with Gasteiger partial charge in [-0.15, -0.1) is 4.52 Å². The third-order valence-electron chi connectivity index (χ3n) is 1.56. The summed E-state index contributed by atoms with van der Waals surface area (Å²) in [6.45, 7) is 5.74. The molecule has 0 aliphatic carbocycles. The fourth-order valence-corrected chi connectivity index (χ4v) is 1.24. The van der Waals surface area contributed by atoms with Crippen molar-refractivity contribution in [2.24, 2.45) is 0 Å². The van der Waals surface area contributed by atoms with E-state index in [0.29, 0.717) is 0 Å². The van der Waals surface area contributed by atoms with E-state index in [4.69, 9.17) is 0 Å². The Morgan fingerprint density at radius 3 is 1.60 bits per heavy atom. The largest absolute Gasteiger partial charge is 0.714 e. The van der Waals surface area contributed by atoms with Crippen LogP contribution in [0.25, 0.3) is 0 Å². The molecule has 1 atom stereocenters. The summed E-state index contributed by atoms with van der Waals surface area (Å²) in [6.07, 6.45) is -1.18. The van der Waals surface area contributed by atoms with Gasteiger partial charge in [-0.25, -0.2) is 0 Å². The van der Waals surface area contributed by atoms with E-state index >= 15 is 0 Å². The highest BCUT2D eigenvalue weighted by atomic mass is 31.3. The molecule has 15 heavy (non-hydrogen) atoms. The van der Waals surface area contributed by atoms with E-state index < -0.39 is 14.7 Å². The number of ether oxygens (including phenoxy) is 1. The lowest BCUT2D eigenvalue weighted by Crippen LogP contribution is -2.39. The summed E-state index contributed by atoms with van der Waals surface area (Å²) in [4.78, 5) is 0. The maximum Gasteiger partial charge on any atom is 0.714 e. The molecule has 1 aliphatic rings. The molecule has 0 radical (unpaired) electrons. The van der Waals surface area contributed by atoms with Crippen molar-refractivity contribution in [2.75, 3.05) is 33.3 Å². The average molecular weight is 249 g/mol. The highest BCUT2D eigenvalue weighted by Crippen LogP contribution is 2.66. The van der Waals surface area contributed by atoms with Gasteiger partial charge in [-0.05, 0) is 6.92 Å². The highest BCUT2D eigenvalue weighted by molar-refractivity contribution is 7.55. The summed E-state index contributed by atoms with van der Waals surface area (Å²) < 4.78 is 41.6. The average Bonchev–Trinajstić information content (AvgIpc) is 2.19. The van der Waals surface area contributed by atoms with Crippen LogP contribution in [-0.4, -0.2) is 39.6 Å². The molecule has 0 aromatic rings. The molecule has 1 unspecified atom stereocenters. The molecule has 0 aromatic carbocycles. The minimum Gasteiger partial charge on any atom is -0.352 e. The van der Waals surface area contributed by atoms with E-state index in [2.05, 4.69) is 19.9 Å². The van der Waals surface area contributed by atoms with E-state index in [1.54, 1.807) is 0 Å². The van der Waals surface area contributed by atoms with Gasteiger partial charge in [0.15, 0.2) is 0 Å². The van der Waals surface area contributed by atoms with Crippen LogP contribution in [0.1, 0.15) is 6.92 Å². The van der Waals surface area contributed by atoms with Crippen LogP contribution in [0.15, 0.2) is 0 Å². The quantitative estimate of drug-likeness (QED) is 0.591. The van der Waals surface area contributed by atoms with Crippen molar-refractivity contribution in [1.82, 2.24) is 10.6 Å². The molecule has 0 amide bonds. The van der Waals surface area contributed by atoms with Gasteiger partial charge in [-0.3, -0.25) is 0 Å². The first-order chi connectivity index (χ1) is 6.95. The van der Waals surface area contributed by atoms with E-state index in [-0.39, 0.29) is 0 Å². The van der Waals surface area contributed by atoms with Gasteiger partial charge in [0.2, 0.25) is 6.29 Å². The van der Waals surface area contributed by atoms with Crippen LogP contribution in [0.5, 0.6) is 0 Å². The molecular weight excluding hydrogens is 232 g/mol. The smallest absolute Gasteiger partial charge is 0.352 e. The van der Waals surface area contributed by atoms with E-state index in [1.165, 1.54) is 6.92 Å². The van der Waals surface area contributed by atoms with Gasteiger partial charge in [0.05, 0.1) is 12.6 Å². The lowest BCUT2D eigenvalue weighted by molar-refractivity contribution is -0.0483. The van der Waals surface area contributed by atoms with Gasteiger partial charge >= 0.3 is 8.42 Å². The van der Waals surface area contributed by atoms with Crippen LogP contribution in [0.3, 0.4) is 0 Å². The zero-order chi connectivity index (χ0) is 11.7. The second kappa shape index (κ2) is 8.24. The van der Waals surface area contributed by atoms with Gasteiger partial charge in [-0.1, -0.05) is 0 Å². The number of methoxy groups -OCH3 is 1. The van der Waals surface area contributed by atoms with Crippen LogP contribution in [-0.2, 0) is 9.26 Å². The summed E-state index contributed by atoms with van der Waals surface area (Å²) in [6, 6.07) is 0. The Balaban J connectivity index is 0.000000280. The molecule has 1 rings (SSSR count). The molecular formula is C7H17F3N2O2P+. The monoisotopic (exact) mass is 249 g/mol. The van der Waals surface area contributed by atoms with Crippen LogP contribution in [0.2, 0.25) is 0 Å². The van der Waals surface area contributed by atoms with Gasteiger partial charge in [0.25, 0.3) is 0 Å². The summed E-state index contributed by atoms with van der Waals surface area (Å²) >= 11 is 0. The fourth-order valence-electron chi connectivity index (χ4n) is 0.815. The van der Waals surface area contributed by atoms with Crippen molar-refractivity contribution in [3.8, 4) is 0 Å². The molecule has 0 bridgehead atoms. The van der Waals surface area contributed by atoms with Crippen molar-refractivity contribution < 1.29 is 21.9 Å². The number of rotatable bonds is 3. The highest BCUT2D eigenvalue weighted by Gasteiger charge is 2.48. The lowest BCUT2D eigenvalue weighted by atomic mass is 10.4. The molecule has 2 N–H and O–H groups in total. The normalized spacial score (nSPS) is 19.0. The Morgan fingerprint density at radius 2 is 1.47 bits per heavy atom. The fraction of sp³-hybridized carbons (Fsp3) is 1.00. The Bertz CT molecular complexity index is 144. The topological polar surface area (TPSA) is 42.5 Å². The molecule has 4 nitrogen and oxygen atoms in total.